The largest absolute Gasteiger partial charge is 0.495 e. The smallest absolute Gasteiger partial charge is 0.245 e. The lowest BCUT2D eigenvalue weighted by Crippen LogP contribution is -2.37. The number of methoxy groups -OCH3 is 1. The number of sulfonamides is 1. The molecule has 0 aliphatic heterocycles. The Hall–Kier alpha value is -2.87. The average molecular weight is 376 g/mol. The van der Waals surface area contributed by atoms with Crippen LogP contribution in [0.5, 0.6) is 5.75 Å². The number of Topliss-reactive ketones (excluding diaryl/α,β-unsaturated/α-hetero) is 1. The first-order valence-electron chi connectivity index (χ1n) is 7.74. The van der Waals surface area contributed by atoms with Crippen LogP contribution in [0.4, 0.5) is 11.4 Å². The summed E-state index contributed by atoms with van der Waals surface area (Å²) in [5, 5.41) is 2.64. The summed E-state index contributed by atoms with van der Waals surface area (Å²) < 4.78 is 30.4. The Balaban J connectivity index is 2.23. The van der Waals surface area contributed by atoms with Gasteiger partial charge in [0.2, 0.25) is 15.9 Å². The maximum Gasteiger partial charge on any atom is 0.245 e. The minimum absolute atomic E-state index is 0.128. The molecule has 0 saturated carbocycles. The Morgan fingerprint density at radius 1 is 1.08 bits per heavy atom. The first kappa shape index (κ1) is 19.5. The quantitative estimate of drug-likeness (QED) is 0.749. The van der Waals surface area contributed by atoms with Gasteiger partial charge in [-0.2, -0.15) is 0 Å². The molecule has 1 amide bonds. The lowest BCUT2D eigenvalue weighted by Gasteiger charge is -2.22. The summed E-state index contributed by atoms with van der Waals surface area (Å²) in [5.74, 6) is -0.176. The molecule has 0 atom stereocenters. The Morgan fingerprint density at radius 3 is 2.23 bits per heavy atom. The number of benzene rings is 2. The summed E-state index contributed by atoms with van der Waals surface area (Å²) in [6.45, 7) is 1.01. The van der Waals surface area contributed by atoms with Crippen molar-refractivity contribution < 1.29 is 22.7 Å². The van der Waals surface area contributed by atoms with E-state index in [-0.39, 0.29) is 5.78 Å². The fourth-order valence-electron chi connectivity index (χ4n) is 2.33. The summed E-state index contributed by atoms with van der Waals surface area (Å²) in [6, 6.07) is 12.9. The highest BCUT2D eigenvalue weighted by Crippen LogP contribution is 2.24. The molecule has 0 saturated heterocycles. The van der Waals surface area contributed by atoms with Crippen LogP contribution in [0.2, 0.25) is 0 Å². The predicted octanol–water partition coefficient (Wildman–Crippen LogP) is 2.30. The SMILES string of the molecule is COc1ccccc1NC(=O)CN(c1ccc(C(C)=O)cc1)S(C)(=O)=O. The van der Waals surface area contributed by atoms with Crippen LogP contribution in [-0.4, -0.2) is 40.0 Å². The van der Waals surface area contributed by atoms with Crippen molar-refractivity contribution >= 4 is 33.1 Å². The molecule has 26 heavy (non-hydrogen) atoms. The van der Waals surface area contributed by atoms with Gasteiger partial charge in [-0.15, -0.1) is 0 Å². The van der Waals surface area contributed by atoms with Gasteiger partial charge in [-0.25, -0.2) is 8.42 Å². The zero-order valence-electron chi connectivity index (χ0n) is 14.7. The van der Waals surface area contributed by atoms with E-state index < -0.39 is 22.5 Å². The van der Waals surface area contributed by atoms with Crippen molar-refractivity contribution in [3.05, 3.63) is 54.1 Å². The molecule has 0 fully saturated rings. The van der Waals surface area contributed by atoms with Crippen molar-refractivity contribution in [1.29, 1.82) is 0 Å². The van der Waals surface area contributed by atoms with Crippen LogP contribution in [0, 0.1) is 0 Å². The van der Waals surface area contributed by atoms with E-state index in [1.54, 1.807) is 24.3 Å². The maximum atomic E-state index is 12.4. The number of ether oxygens (including phenoxy) is 1. The number of hydrogen-bond donors (Lipinski definition) is 1. The maximum absolute atomic E-state index is 12.4. The Bertz CT molecular complexity index is 907. The van der Waals surface area contributed by atoms with Gasteiger partial charge < -0.3 is 10.1 Å². The summed E-state index contributed by atoms with van der Waals surface area (Å²) >= 11 is 0. The molecule has 7 nitrogen and oxygen atoms in total. The molecule has 2 aromatic rings. The zero-order valence-corrected chi connectivity index (χ0v) is 15.5. The number of para-hydroxylation sites is 2. The molecule has 8 heteroatoms. The van der Waals surface area contributed by atoms with Crippen LogP contribution >= 0.6 is 0 Å². The lowest BCUT2D eigenvalue weighted by molar-refractivity contribution is -0.114. The molecule has 138 valence electrons. The van der Waals surface area contributed by atoms with Crippen LogP contribution in [0.3, 0.4) is 0 Å². The lowest BCUT2D eigenvalue weighted by atomic mass is 10.1. The fraction of sp³-hybridized carbons (Fsp3) is 0.222. The molecule has 0 heterocycles. The Labute approximate surface area is 152 Å². The number of hydrogen-bond acceptors (Lipinski definition) is 5. The van der Waals surface area contributed by atoms with Crippen LogP contribution in [0.15, 0.2) is 48.5 Å². The fourth-order valence-corrected chi connectivity index (χ4v) is 3.19. The highest BCUT2D eigenvalue weighted by atomic mass is 32.2. The van der Waals surface area contributed by atoms with Gasteiger partial charge in [-0.05, 0) is 43.3 Å². The molecule has 0 unspecified atom stereocenters. The van der Waals surface area contributed by atoms with E-state index in [0.29, 0.717) is 22.7 Å². The van der Waals surface area contributed by atoms with E-state index in [2.05, 4.69) is 5.32 Å². The van der Waals surface area contributed by atoms with Gasteiger partial charge >= 0.3 is 0 Å². The summed E-state index contributed by atoms with van der Waals surface area (Å²) in [7, 11) is -2.22. The van der Waals surface area contributed by atoms with Crippen molar-refractivity contribution in [2.24, 2.45) is 0 Å². The van der Waals surface area contributed by atoms with Gasteiger partial charge in [-0.3, -0.25) is 13.9 Å². The Morgan fingerprint density at radius 2 is 1.69 bits per heavy atom. The van der Waals surface area contributed by atoms with Gasteiger partial charge in [0.15, 0.2) is 5.78 Å². The Kier molecular flexibility index (Phi) is 5.99. The molecule has 2 aromatic carbocycles. The molecule has 1 N–H and O–H groups in total. The van der Waals surface area contributed by atoms with Gasteiger partial charge in [0.05, 0.1) is 24.7 Å². The molecule has 0 bridgehead atoms. The number of nitrogens with zero attached hydrogens (tertiary/aromatic N) is 1. The molecule has 2 rings (SSSR count). The molecular weight excluding hydrogens is 356 g/mol. The number of rotatable bonds is 7. The van der Waals surface area contributed by atoms with Crippen LogP contribution in [0.25, 0.3) is 0 Å². The summed E-state index contributed by atoms with van der Waals surface area (Å²) in [5.41, 5.74) is 1.20. The van der Waals surface area contributed by atoms with Gasteiger partial charge in [0, 0.05) is 5.56 Å². The third-order valence-corrected chi connectivity index (χ3v) is 4.77. The normalized spacial score (nSPS) is 10.9. The van der Waals surface area contributed by atoms with Crippen LogP contribution < -0.4 is 14.4 Å². The van der Waals surface area contributed by atoms with E-state index in [0.717, 1.165) is 10.6 Å². The van der Waals surface area contributed by atoms with Crippen molar-refractivity contribution in [2.45, 2.75) is 6.92 Å². The average Bonchev–Trinajstić information content (AvgIpc) is 2.59. The monoisotopic (exact) mass is 376 g/mol. The highest BCUT2D eigenvalue weighted by molar-refractivity contribution is 7.92. The molecule has 0 aromatic heterocycles. The number of ketones is 1. The topological polar surface area (TPSA) is 92.8 Å². The van der Waals surface area contributed by atoms with E-state index in [9.17, 15) is 18.0 Å². The third kappa shape index (κ3) is 4.82. The molecule has 0 aliphatic carbocycles. The second-order valence-electron chi connectivity index (χ2n) is 5.62. The third-order valence-electron chi connectivity index (χ3n) is 3.63. The van der Waals surface area contributed by atoms with Crippen molar-refractivity contribution in [1.82, 2.24) is 0 Å². The van der Waals surface area contributed by atoms with Crippen molar-refractivity contribution in [2.75, 3.05) is 29.5 Å². The first-order chi connectivity index (χ1) is 12.2. The second-order valence-corrected chi connectivity index (χ2v) is 7.53. The van der Waals surface area contributed by atoms with E-state index in [4.69, 9.17) is 4.74 Å². The summed E-state index contributed by atoms with van der Waals surface area (Å²) in [4.78, 5) is 23.7. The van der Waals surface area contributed by atoms with E-state index >= 15 is 0 Å². The number of anilines is 2. The first-order valence-corrected chi connectivity index (χ1v) is 9.59. The number of nitrogens with one attached hydrogen (secondary N) is 1. The molecule has 0 aliphatic rings. The van der Waals surface area contributed by atoms with Crippen LogP contribution in [0.1, 0.15) is 17.3 Å². The van der Waals surface area contributed by atoms with Gasteiger partial charge in [-0.1, -0.05) is 12.1 Å². The van der Waals surface area contributed by atoms with E-state index in [1.165, 1.54) is 38.3 Å². The minimum Gasteiger partial charge on any atom is -0.495 e. The standard InChI is InChI=1S/C18H20N2O5S/c1-13(21)14-8-10-15(11-9-14)20(26(3,23)24)12-18(22)19-16-6-4-5-7-17(16)25-2/h4-11H,12H2,1-3H3,(H,19,22). The van der Waals surface area contributed by atoms with Crippen molar-refractivity contribution in [3.63, 3.8) is 0 Å². The predicted molar refractivity (Wildman–Crippen MR) is 100 cm³/mol. The summed E-state index contributed by atoms with van der Waals surface area (Å²) in [6.07, 6.45) is 1.02. The molecule has 0 radical (unpaired) electrons. The van der Waals surface area contributed by atoms with Crippen molar-refractivity contribution in [3.8, 4) is 5.75 Å². The molecule has 0 spiro atoms. The van der Waals surface area contributed by atoms with Gasteiger partial charge in [0.1, 0.15) is 12.3 Å². The van der Waals surface area contributed by atoms with E-state index in [1.807, 2.05) is 0 Å². The van der Waals surface area contributed by atoms with Crippen LogP contribution in [-0.2, 0) is 14.8 Å². The molecular formula is C18H20N2O5S. The number of carbonyl (C=O) groups excluding carboxylic acids is 2. The zero-order chi connectivity index (χ0) is 19.3. The number of carbonyl (C=O) groups is 2. The number of amides is 1. The highest BCUT2D eigenvalue weighted by Gasteiger charge is 2.21. The van der Waals surface area contributed by atoms with Gasteiger partial charge in [0.25, 0.3) is 0 Å². The minimum atomic E-state index is -3.70. The second kappa shape index (κ2) is 8.01.